The molecule has 0 spiro atoms. The number of hydrogen-bond donors (Lipinski definition) is 1. The Hall–Kier alpha value is -0.890. The van der Waals surface area contributed by atoms with Crippen LogP contribution in [0.1, 0.15) is 30.1 Å². The second kappa shape index (κ2) is 2.81. The Kier molecular flexibility index (Phi) is 1.88. The van der Waals surface area contributed by atoms with Gasteiger partial charge < -0.3 is 5.73 Å². The largest absolute Gasteiger partial charge is 0.322 e. The zero-order valence-electron chi connectivity index (χ0n) is 7.76. The van der Waals surface area contributed by atoms with E-state index in [0.29, 0.717) is 0 Å². The van der Waals surface area contributed by atoms with Gasteiger partial charge in [0, 0.05) is 0 Å². The summed E-state index contributed by atoms with van der Waals surface area (Å²) in [6.45, 7) is 1.96. The van der Waals surface area contributed by atoms with E-state index in [1.165, 1.54) is 0 Å². The summed E-state index contributed by atoms with van der Waals surface area (Å²) in [7, 11) is 0. The van der Waals surface area contributed by atoms with Crippen molar-refractivity contribution in [2.24, 2.45) is 5.73 Å². The average molecular weight is 179 g/mol. The molecule has 0 aromatic heterocycles. The zero-order chi connectivity index (χ0) is 9.47. The summed E-state index contributed by atoms with van der Waals surface area (Å²) >= 11 is 0. The van der Waals surface area contributed by atoms with Crippen LogP contribution in [0.25, 0.3) is 0 Å². The van der Waals surface area contributed by atoms with E-state index >= 15 is 0 Å². The molecule has 13 heavy (non-hydrogen) atoms. The molecular weight excluding hydrogens is 165 g/mol. The molecule has 1 aliphatic rings. The molecule has 0 aliphatic heterocycles. The van der Waals surface area contributed by atoms with Crippen LogP contribution in [0.15, 0.2) is 24.3 Å². The predicted molar refractivity (Wildman–Crippen MR) is 51.2 cm³/mol. The van der Waals surface area contributed by atoms with Crippen LogP contribution in [0.3, 0.4) is 0 Å². The second-order valence-corrected chi connectivity index (χ2v) is 4.01. The molecule has 0 saturated heterocycles. The maximum atomic E-state index is 13.8. The van der Waals surface area contributed by atoms with E-state index in [1.807, 2.05) is 31.2 Å². The highest BCUT2D eigenvalue weighted by Gasteiger charge is 2.47. The van der Waals surface area contributed by atoms with E-state index in [-0.39, 0.29) is 0 Å². The number of aryl methyl sites for hydroxylation is 1. The molecular formula is C11H14FN. The van der Waals surface area contributed by atoms with Gasteiger partial charge in [0.2, 0.25) is 0 Å². The van der Waals surface area contributed by atoms with E-state index in [4.69, 9.17) is 5.73 Å². The number of benzene rings is 1. The fourth-order valence-electron chi connectivity index (χ4n) is 1.56. The molecule has 2 rings (SSSR count). The Morgan fingerprint density at radius 3 is 2.69 bits per heavy atom. The first-order chi connectivity index (χ1) is 6.12. The lowest BCUT2D eigenvalue weighted by Crippen LogP contribution is -2.27. The molecule has 2 N–H and O–H groups in total. The SMILES string of the molecule is Cc1cccc(C(F)C2(N)CC2)c1. The van der Waals surface area contributed by atoms with Crippen molar-refractivity contribution in [1.29, 1.82) is 0 Å². The third-order valence-corrected chi connectivity index (χ3v) is 2.67. The van der Waals surface area contributed by atoms with Crippen LogP contribution in [0.2, 0.25) is 0 Å². The summed E-state index contributed by atoms with van der Waals surface area (Å²) in [5, 5.41) is 0. The Balaban J connectivity index is 2.25. The highest BCUT2D eigenvalue weighted by molar-refractivity contribution is 5.28. The smallest absolute Gasteiger partial charge is 0.143 e. The van der Waals surface area contributed by atoms with Gasteiger partial charge in [0.15, 0.2) is 0 Å². The van der Waals surface area contributed by atoms with E-state index in [0.717, 1.165) is 24.0 Å². The van der Waals surface area contributed by atoms with Crippen LogP contribution in [0, 0.1) is 6.92 Å². The lowest BCUT2D eigenvalue weighted by Gasteiger charge is -2.15. The summed E-state index contributed by atoms with van der Waals surface area (Å²) in [5.41, 5.74) is 7.05. The highest BCUT2D eigenvalue weighted by Crippen LogP contribution is 2.45. The topological polar surface area (TPSA) is 26.0 Å². The summed E-state index contributed by atoms with van der Waals surface area (Å²) in [6.07, 6.45) is 0.622. The Bertz CT molecular complexity index is 318. The molecule has 0 radical (unpaired) electrons. The van der Waals surface area contributed by atoms with Gasteiger partial charge in [0.05, 0.1) is 5.54 Å². The fraction of sp³-hybridized carbons (Fsp3) is 0.455. The Morgan fingerprint density at radius 2 is 2.15 bits per heavy atom. The van der Waals surface area contributed by atoms with Crippen LogP contribution in [0.5, 0.6) is 0 Å². The summed E-state index contributed by atoms with van der Waals surface area (Å²) in [4.78, 5) is 0. The number of alkyl halides is 1. The van der Waals surface area contributed by atoms with Gasteiger partial charge in [0.25, 0.3) is 0 Å². The van der Waals surface area contributed by atoms with Gasteiger partial charge in [-0.05, 0) is 25.3 Å². The van der Waals surface area contributed by atoms with E-state index in [9.17, 15) is 4.39 Å². The first-order valence-electron chi connectivity index (χ1n) is 4.61. The molecule has 1 aliphatic carbocycles. The maximum absolute atomic E-state index is 13.8. The third-order valence-electron chi connectivity index (χ3n) is 2.67. The molecule has 70 valence electrons. The van der Waals surface area contributed by atoms with Gasteiger partial charge in [0.1, 0.15) is 6.17 Å². The molecule has 0 amide bonds. The standard InChI is InChI=1S/C11H14FN/c1-8-3-2-4-9(7-8)10(12)11(13)5-6-11/h2-4,7,10H,5-6,13H2,1H3. The molecule has 0 heterocycles. The molecule has 1 aromatic rings. The van der Waals surface area contributed by atoms with Crippen molar-refractivity contribution in [3.05, 3.63) is 35.4 Å². The van der Waals surface area contributed by atoms with Gasteiger partial charge in [-0.15, -0.1) is 0 Å². The quantitative estimate of drug-likeness (QED) is 0.741. The van der Waals surface area contributed by atoms with Gasteiger partial charge >= 0.3 is 0 Å². The van der Waals surface area contributed by atoms with E-state index in [2.05, 4.69) is 0 Å². The van der Waals surface area contributed by atoms with Crippen molar-refractivity contribution in [1.82, 2.24) is 0 Å². The van der Waals surface area contributed by atoms with Crippen LogP contribution < -0.4 is 5.73 Å². The van der Waals surface area contributed by atoms with Crippen LogP contribution in [-0.2, 0) is 0 Å². The van der Waals surface area contributed by atoms with Crippen LogP contribution in [-0.4, -0.2) is 5.54 Å². The Labute approximate surface area is 77.8 Å². The normalized spacial score (nSPS) is 21.2. The fourth-order valence-corrected chi connectivity index (χ4v) is 1.56. The van der Waals surface area contributed by atoms with Gasteiger partial charge in [-0.25, -0.2) is 4.39 Å². The lowest BCUT2D eigenvalue weighted by molar-refractivity contribution is 0.274. The first kappa shape index (κ1) is 8.70. The van der Waals surface area contributed by atoms with Gasteiger partial charge in [-0.2, -0.15) is 0 Å². The van der Waals surface area contributed by atoms with Crippen molar-refractivity contribution in [3.63, 3.8) is 0 Å². The van der Waals surface area contributed by atoms with Crippen molar-refractivity contribution < 1.29 is 4.39 Å². The van der Waals surface area contributed by atoms with Crippen molar-refractivity contribution >= 4 is 0 Å². The first-order valence-corrected chi connectivity index (χ1v) is 4.61. The third kappa shape index (κ3) is 1.59. The monoisotopic (exact) mass is 179 g/mol. The minimum Gasteiger partial charge on any atom is -0.322 e. The number of hydrogen-bond acceptors (Lipinski definition) is 1. The highest BCUT2D eigenvalue weighted by atomic mass is 19.1. The second-order valence-electron chi connectivity index (χ2n) is 4.01. The summed E-state index contributed by atoms with van der Waals surface area (Å²) < 4.78 is 13.8. The average Bonchev–Trinajstić information content (AvgIpc) is 2.84. The van der Waals surface area contributed by atoms with Gasteiger partial charge in [-0.1, -0.05) is 29.8 Å². The zero-order valence-corrected chi connectivity index (χ0v) is 7.76. The van der Waals surface area contributed by atoms with Crippen molar-refractivity contribution in [2.45, 2.75) is 31.5 Å². The minimum atomic E-state index is -0.993. The number of nitrogens with two attached hydrogens (primary N) is 1. The van der Waals surface area contributed by atoms with Gasteiger partial charge in [-0.3, -0.25) is 0 Å². The Morgan fingerprint density at radius 1 is 1.46 bits per heavy atom. The maximum Gasteiger partial charge on any atom is 0.143 e. The molecule has 2 heteroatoms. The molecule has 0 bridgehead atoms. The van der Waals surface area contributed by atoms with Crippen molar-refractivity contribution in [2.75, 3.05) is 0 Å². The molecule has 1 fully saturated rings. The summed E-state index contributed by atoms with van der Waals surface area (Å²) in [5.74, 6) is 0. The summed E-state index contributed by atoms with van der Waals surface area (Å²) in [6, 6.07) is 7.53. The molecule has 1 nitrogen and oxygen atoms in total. The van der Waals surface area contributed by atoms with Crippen LogP contribution in [0.4, 0.5) is 4.39 Å². The van der Waals surface area contributed by atoms with E-state index in [1.54, 1.807) is 0 Å². The molecule has 1 unspecified atom stereocenters. The van der Waals surface area contributed by atoms with Crippen LogP contribution >= 0.6 is 0 Å². The predicted octanol–water partition coefficient (Wildman–Crippen LogP) is 2.50. The van der Waals surface area contributed by atoms with Crippen molar-refractivity contribution in [3.8, 4) is 0 Å². The number of rotatable bonds is 2. The number of halogens is 1. The molecule has 1 aromatic carbocycles. The molecule has 1 atom stereocenters. The molecule has 1 saturated carbocycles. The lowest BCUT2D eigenvalue weighted by atomic mass is 10.0. The van der Waals surface area contributed by atoms with E-state index < -0.39 is 11.7 Å². The minimum absolute atomic E-state index is 0.562.